The van der Waals surface area contributed by atoms with Crippen LogP contribution in [0, 0.1) is 25.4 Å². The Kier molecular flexibility index (Phi) is 3.32. The lowest BCUT2D eigenvalue weighted by molar-refractivity contribution is 0.273. The molecule has 0 atom stereocenters. The lowest BCUT2D eigenvalue weighted by Gasteiger charge is -2.09. The first-order valence-electron chi connectivity index (χ1n) is 6.41. The molecule has 4 nitrogen and oxygen atoms in total. The summed E-state index contributed by atoms with van der Waals surface area (Å²) in [6, 6.07) is 2.07. The molecule has 20 heavy (non-hydrogen) atoms. The summed E-state index contributed by atoms with van der Waals surface area (Å²) in [5, 5.41) is 10.3. The molecule has 0 aliphatic heterocycles. The normalized spacial score (nSPS) is 11.6. The van der Waals surface area contributed by atoms with Crippen LogP contribution in [0.2, 0.25) is 0 Å². The Morgan fingerprint density at radius 3 is 2.75 bits per heavy atom. The van der Waals surface area contributed by atoms with Crippen molar-refractivity contribution in [1.82, 2.24) is 14.5 Å². The van der Waals surface area contributed by atoms with E-state index in [4.69, 9.17) is 17.3 Å². The molecule has 0 amide bonds. The zero-order chi connectivity index (χ0) is 14.4. The maximum atomic E-state index is 9.16. The number of aromatic nitrogens is 3. The van der Waals surface area contributed by atoms with Gasteiger partial charge in [-0.2, -0.15) is 0 Å². The van der Waals surface area contributed by atoms with E-state index in [9.17, 15) is 0 Å². The average Bonchev–Trinajstić information content (AvgIpc) is 2.73. The summed E-state index contributed by atoms with van der Waals surface area (Å²) in [7, 11) is 0. The van der Waals surface area contributed by atoms with Crippen LogP contribution in [0.15, 0.2) is 6.07 Å². The van der Waals surface area contributed by atoms with Crippen molar-refractivity contribution in [3.63, 3.8) is 0 Å². The van der Waals surface area contributed by atoms with Crippen LogP contribution in [0.25, 0.3) is 20.4 Å². The fourth-order valence-electron chi connectivity index (χ4n) is 2.53. The van der Waals surface area contributed by atoms with Gasteiger partial charge in [0.1, 0.15) is 15.3 Å². The second kappa shape index (κ2) is 4.87. The Balaban J connectivity index is 2.49. The van der Waals surface area contributed by atoms with Gasteiger partial charge in [-0.1, -0.05) is 12.2 Å². The Morgan fingerprint density at radius 2 is 2.05 bits per heavy atom. The first kappa shape index (κ1) is 13.6. The number of nitrogens with zero attached hydrogens (tertiary/aromatic N) is 3. The quantitative estimate of drug-likeness (QED) is 0.738. The van der Waals surface area contributed by atoms with Gasteiger partial charge in [0.15, 0.2) is 0 Å². The largest absolute Gasteiger partial charge is 0.395 e. The van der Waals surface area contributed by atoms with E-state index in [1.807, 2.05) is 18.4 Å². The minimum atomic E-state index is 0.0591. The fraction of sp³-hybridized carbons (Fsp3) is 0.357. The van der Waals surface area contributed by atoms with E-state index in [1.165, 1.54) is 5.56 Å². The van der Waals surface area contributed by atoms with Crippen molar-refractivity contribution in [1.29, 1.82) is 0 Å². The summed E-state index contributed by atoms with van der Waals surface area (Å²) in [5.74, 6) is 0.830. The molecule has 0 aliphatic carbocycles. The maximum absolute atomic E-state index is 9.16. The summed E-state index contributed by atoms with van der Waals surface area (Å²) in [4.78, 5) is 10.3. The summed E-state index contributed by atoms with van der Waals surface area (Å²) < 4.78 is 3.60. The summed E-state index contributed by atoms with van der Waals surface area (Å²) in [5.41, 5.74) is 3.12. The number of hydrogen-bond donors (Lipinski definition) is 1. The van der Waals surface area contributed by atoms with Gasteiger partial charge < -0.3 is 9.67 Å². The van der Waals surface area contributed by atoms with Crippen LogP contribution in [-0.2, 0) is 6.54 Å². The minimum absolute atomic E-state index is 0.0591. The van der Waals surface area contributed by atoms with E-state index in [1.54, 1.807) is 11.3 Å². The molecule has 0 fully saturated rings. The molecule has 0 aliphatic rings. The molecule has 104 valence electrons. The van der Waals surface area contributed by atoms with Gasteiger partial charge in [-0.25, -0.2) is 9.97 Å². The Hall–Kier alpha value is -1.37. The van der Waals surface area contributed by atoms with Gasteiger partial charge in [0.2, 0.25) is 0 Å². The van der Waals surface area contributed by atoms with E-state index in [2.05, 4.69) is 23.0 Å². The minimum Gasteiger partial charge on any atom is -0.395 e. The SMILES string of the molecule is Cc1cc(C)c2c(n1)sc1c(=S)n(CCO)c(C)nc12. The Bertz CT molecular complexity index is 880. The highest BCUT2D eigenvalue weighted by atomic mass is 32.1. The van der Waals surface area contributed by atoms with E-state index >= 15 is 0 Å². The molecule has 0 radical (unpaired) electrons. The molecule has 1 N–H and O–H groups in total. The van der Waals surface area contributed by atoms with Crippen molar-refractivity contribution < 1.29 is 5.11 Å². The second-order valence-corrected chi connectivity index (χ2v) is 6.27. The highest BCUT2D eigenvalue weighted by molar-refractivity contribution is 7.72. The third kappa shape index (κ3) is 1.95. The third-order valence-corrected chi connectivity index (χ3v) is 5.02. The molecule has 3 aromatic heterocycles. The lowest BCUT2D eigenvalue weighted by atomic mass is 10.1. The predicted octanol–water partition coefficient (Wildman–Crippen LogP) is 3.29. The molecule has 3 aromatic rings. The highest BCUT2D eigenvalue weighted by Crippen LogP contribution is 2.34. The standard InChI is InChI=1S/C14H15N3OS2/c1-7-6-8(2)15-13-10(7)11-12(20-13)14(19)17(4-5-18)9(3)16-11/h6,18H,4-5H2,1-3H3. The molecule has 3 heterocycles. The van der Waals surface area contributed by atoms with Crippen LogP contribution in [0.1, 0.15) is 17.1 Å². The molecule has 0 saturated carbocycles. The topological polar surface area (TPSA) is 50.9 Å². The van der Waals surface area contributed by atoms with Crippen molar-refractivity contribution in [2.75, 3.05) is 6.61 Å². The molecule has 0 spiro atoms. The number of thiophene rings is 1. The van der Waals surface area contributed by atoms with E-state index in [-0.39, 0.29) is 6.61 Å². The lowest BCUT2D eigenvalue weighted by Crippen LogP contribution is -2.09. The van der Waals surface area contributed by atoms with Gasteiger partial charge in [-0.05, 0) is 32.4 Å². The maximum Gasteiger partial charge on any atom is 0.127 e. The van der Waals surface area contributed by atoms with Crippen molar-refractivity contribution in [2.45, 2.75) is 27.3 Å². The number of fused-ring (bicyclic) bond motifs is 3. The van der Waals surface area contributed by atoms with Gasteiger partial charge in [0.05, 0.1) is 16.8 Å². The van der Waals surface area contributed by atoms with E-state index in [0.717, 1.165) is 36.6 Å². The zero-order valence-corrected chi connectivity index (χ0v) is 13.2. The van der Waals surface area contributed by atoms with Crippen LogP contribution in [0.3, 0.4) is 0 Å². The molecule has 6 heteroatoms. The third-order valence-electron chi connectivity index (χ3n) is 3.39. The van der Waals surface area contributed by atoms with Crippen LogP contribution >= 0.6 is 23.6 Å². The first-order chi connectivity index (χ1) is 9.52. The predicted molar refractivity (Wildman–Crippen MR) is 85.0 cm³/mol. The second-order valence-electron chi connectivity index (χ2n) is 4.88. The van der Waals surface area contributed by atoms with Crippen molar-refractivity contribution >= 4 is 44.0 Å². The molecular weight excluding hydrogens is 290 g/mol. The zero-order valence-electron chi connectivity index (χ0n) is 11.6. The molecule has 0 aromatic carbocycles. The molecule has 0 bridgehead atoms. The smallest absolute Gasteiger partial charge is 0.127 e. The summed E-state index contributed by atoms with van der Waals surface area (Å²) >= 11 is 7.14. The van der Waals surface area contributed by atoms with Gasteiger partial charge in [-0.15, -0.1) is 11.3 Å². The van der Waals surface area contributed by atoms with Crippen LogP contribution < -0.4 is 0 Å². The number of rotatable bonds is 2. The van der Waals surface area contributed by atoms with Crippen LogP contribution in [0.5, 0.6) is 0 Å². The number of pyridine rings is 1. The van der Waals surface area contributed by atoms with E-state index in [0.29, 0.717) is 6.54 Å². The number of aliphatic hydroxyl groups is 1. The molecule has 3 rings (SSSR count). The van der Waals surface area contributed by atoms with Gasteiger partial charge in [-0.3, -0.25) is 0 Å². The van der Waals surface area contributed by atoms with Gasteiger partial charge in [0, 0.05) is 17.6 Å². The van der Waals surface area contributed by atoms with Crippen molar-refractivity contribution in [2.24, 2.45) is 0 Å². The van der Waals surface area contributed by atoms with Gasteiger partial charge >= 0.3 is 0 Å². The number of hydrogen-bond acceptors (Lipinski definition) is 5. The van der Waals surface area contributed by atoms with Crippen LogP contribution in [0.4, 0.5) is 0 Å². The monoisotopic (exact) mass is 305 g/mol. The van der Waals surface area contributed by atoms with Crippen molar-refractivity contribution in [3.05, 3.63) is 27.8 Å². The summed E-state index contributed by atoms with van der Waals surface area (Å²) in [6.45, 7) is 6.54. The van der Waals surface area contributed by atoms with Gasteiger partial charge in [0.25, 0.3) is 0 Å². The van der Waals surface area contributed by atoms with Crippen LogP contribution in [-0.4, -0.2) is 26.2 Å². The molecular formula is C14H15N3OS2. The average molecular weight is 305 g/mol. The van der Waals surface area contributed by atoms with E-state index < -0.39 is 0 Å². The molecule has 0 unspecified atom stereocenters. The first-order valence-corrected chi connectivity index (χ1v) is 7.64. The summed E-state index contributed by atoms with van der Waals surface area (Å²) in [6.07, 6.45) is 0. The Labute approximate surface area is 125 Å². The number of aliphatic hydroxyl groups excluding tert-OH is 1. The highest BCUT2D eigenvalue weighted by Gasteiger charge is 2.14. The number of aryl methyl sites for hydroxylation is 3. The molecule has 0 saturated heterocycles. The van der Waals surface area contributed by atoms with Crippen molar-refractivity contribution in [3.8, 4) is 0 Å². The Morgan fingerprint density at radius 1 is 1.30 bits per heavy atom. The fourth-order valence-corrected chi connectivity index (χ4v) is 4.16.